The van der Waals surface area contributed by atoms with E-state index in [1.54, 1.807) is 0 Å². The van der Waals surface area contributed by atoms with Gasteiger partial charge < -0.3 is 15.4 Å². The van der Waals surface area contributed by atoms with Crippen molar-refractivity contribution in [2.24, 2.45) is 11.7 Å². The maximum Gasteiger partial charge on any atom is 0.251 e. The van der Waals surface area contributed by atoms with Crippen LogP contribution >= 0.6 is 0 Å². The molecule has 0 aromatic heterocycles. The molecule has 1 saturated carbocycles. The lowest BCUT2D eigenvalue weighted by Crippen LogP contribution is -2.46. The number of hydrogen-bond acceptors (Lipinski definition) is 3. The van der Waals surface area contributed by atoms with E-state index in [-0.39, 0.29) is 12.0 Å². The van der Waals surface area contributed by atoms with Gasteiger partial charge in [0, 0.05) is 13.1 Å². The topological polar surface area (TPSA) is 55.6 Å². The predicted molar refractivity (Wildman–Crippen MR) is 75.8 cm³/mol. The lowest BCUT2D eigenvalue weighted by molar-refractivity contribution is -0.149. The summed E-state index contributed by atoms with van der Waals surface area (Å²) in [6.07, 6.45) is 7.70. The molecule has 1 saturated heterocycles. The molecule has 1 unspecified atom stereocenters. The monoisotopic (exact) mass is 268 g/mol. The summed E-state index contributed by atoms with van der Waals surface area (Å²) in [5, 5.41) is 0. The number of carbonyl (C=O) groups is 1. The molecule has 1 amide bonds. The predicted octanol–water partition coefficient (Wildman–Crippen LogP) is 1.92. The smallest absolute Gasteiger partial charge is 0.251 e. The Morgan fingerprint density at radius 2 is 1.89 bits per heavy atom. The summed E-state index contributed by atoms with van der Waals surface area (Å²) < 4.78 is 6.01. The van der Waals surface area contributed by atoms with Crippen LogP contribution in [0.4, 0.5) is 0 Å². The summed E-state index contributed by atoms with van der Waals surface area (Å²) in [6.45, 7) is 4.50. The van der Waals surface area contributed by atoms with E-state index < -0.39 is 0 Å². The number of hydrogen-bond donors (Lipinski definition) is 1. The number of ether oxygens (including phenoxy) is 1. The van der Waals surface area contributed by atoms with Crippen molar-refractivity contribution in [3.63, 3.8) is 0 Å². The Morgan fingerprint density at radius 1 is 1.26 bits per heavy atom. The third kappa shape index (κ3) is 3.93. The van der Waals surface area contributed by atoms with E-state index in [4.69, 9.17) is 10.5 Å². The molecule has 0 aromatic rings. The molecule has 2 rings (SSSR count). The van der Waals surface area contributed by atoms with Crippen LogP contribution in [0.3, 0.4) is 0 Å². The molecule has 110 valence electrons. The molecule has 0 spiro atoms. The molecule has 0 aromatic carbocycles. The molecule has 1 heterocycles. The van der Waals surface area contributed by atoms with E-state index in [9.17, 15) is 4.79 Å². The Bertz CT molecular complexity index is 282. The maximum absolute atomic E-state index is 12.5. The molecule has 0 bridgehead atoms. The van der Waals surface area contributed by atoms with Gasteiger partial charge in [0.1, 0.15) is 6.10 Å². The second-order valence-corrected chi connectivity index (χ2v) is 5.94. The van der Waals surface area contributed by atoms with Gasteiger partial charge >= 0.3 is 0 Å². The lowest BCUT2D eigenvalue weighted by Gasteiger charge is -2.34. The number of rotatable bonds is 5. The normalized spacial score (nSPS) is 23.8. The lowest BCUT2D eigenvalue weighted by atomic mass is 9.96. The molecule has 1 aliphatic carbocycles. The molecule has 2 fully saturated rings. The summed E-state index contributed by atoms with van der Waals surface area (Å²) in [5.74, 6) is 0.796. The quantitative estimate of drug-likeness (QED) is 0.829. The van der Waals surface area contributed by atoms with Crippen LogP contribution < -0.4 is 5.73 Å². The molecule has 2 aliphatic rings. The van der Waals surface area contributed by atoms with Crippen molar-refractivity contribution >= 4 is 5.91 Å². The van der Waals surface area contributed by atoms with Gasteiger partial charge in [0.15, 0.2) is 0 Å². The number of nitrogens with two attached hydrogens (primary N) is 1. The van der Waals surface area contributed by atoms with Crippen LogP contribution in [-0.4, -0.2) is 42.6 Å². The number of amides is 1. The highest BCUT2D eigenvalue weighted by Gasteiger charge is 2.30. The van der Waals surface area contributed by atoms with Gasteiger partial charge in [-0.2, -0.15) is 0 Å². The highest BCUT2D eigenvalue weighted by atomic mass is 16.5. The van der Waals surface area contributed by atoms with E-state index in [0.717, 1.165) is 51.7 Å². The Hall–Kier alpha value is -0.610. The average Bonchev–Trinajstić information content (AvgIpc) is 2.97. The van der Waals surface area contributed by atoms with Crippen LogP contribution in [0.25, 0.3) is 0 Å². The first-order valence-electron chi connectivity index (χ1n) is 7.89. The fourth-order valence-electron chi connectivity index (χ4n) is 3.18. The van der Waals surface area contributed by atoms with E-state index in [0.29, 0.717) is 12.0 Å². The van der Waals surface area contributed by atoms with Gasteiger partial charge in [0.2, 0.25) is 0 Å². The summed E-state index contributed by atoms with van der Waals surface area (Å²) in [6, 6.07) is 0. The average molecular weight is 268 g/mol. The zero-order valence-electron chi connectivity index (χ0n) is 12.1. The van der Waals surface area contributed by atoms with Crippen molar-refractivity contribution in [3.8, 4) is 0 Å². The standard InChI is InChI=1S/C15H28N2O2/c1-2-14(19-13-5-3-4-6-13)15(18)17-9-7-12(11-16)8-10-17/h12-14H,2-11,16H2,1H3. The second-order valence-electron chi connectivity index (χ2n) is 5.94. The zero-order valence-corrected chi connectivity index (χ0v) is 12.1. The number of piperidine rings is 1. The van der Waals surface area contributed by atoms with Gasteiger partial charge in [-0.1, -0.05) is 19.8 Å². The van der Waals surface area contributed by atoms with Crippen molar-refractivity contribution in [1.29, 1.82) is 0 Å². The van der Waals surface area contributed by atoms with E-state index in [2.05, 4.69) is 0 Å². The molecular formula is C15H28N2O2. The van der Waals surface area contributed by atoms with Crippen molar-refractivity contribution < 1.29 is 9.53 Å². The second kappa shape index (κ2) is 7.25. The Labute approximate surface area is 116 Å². The Kier molecular flexibility index (Phi) is 5.64. The fourth-order valence-corrected chi connectivity index (χ4v) is 3.18. The van der Waals surface area contributed by atoms with E-state index in [1.165, 1.54) is 12.8 Å². The minimum atomic E-state index is -0.225. The number of nitrogens with zero attached hydrogens (tertiary/aromatic N) is 1. The third-order valence-corrected chi connectivity index (χ3v) is 4.56. The third-order valence-electron chi connectivity index (χ3n) is 4.56. The highest BCUT2D eigenvalue weighted by molar-refractivity contribution is 5.81. The van der Waals surface area contributed by atoms with Gasteiger partial charge in [-0.05, 0) is 44.6 Å². The van der Waals surface area contributed by atoms with Crippen molar-refractivity contribution in [1.82, 2.24) is 4.90 Å². The summed E-state index contributed by atoms with van der Waals surface area (Å²) in [7, 11) is 0. The minimum Gasteiger partial charge on any atom is -0.365 e. The SMILES string of the molecule is CCC(OC1CCCC1)C(=O)N1CCC(CN)CC1. The molecule has 0 radical (unpaired) electrons. The van der Waals surface area contributed by atoms with Crippen molar-refractivity contribution in [3.05, 3.63) is 0 Å². The highest BCUT2D eigenvalue weighted by Crippen LogP contribution is 2.24. The Balaban J connectivity index is 1.82. The molecule has 1 atom stereocenters. The van der Waals surface area contributed by atoms with Gasteiger partial charge in [-0.3, -0.25) is 4.79 Å². The number of likely N-dealkylation sites (tertiary alicyclic amines) is 1. The summed E-state index contributed by atoms with van der Waals surface area (Å²) in [4.78, 5) is 14.5. The minimum absolute atomic E-state index is 0.199. The molecule has 2 N–H and O–H groups in total. The summed E-state index contributed by atoms with van der Waals surface area (Å²) in [5.41, 5.74) is 5.69. The molecule has 19 heavy (non-hydrogen) atoms. The van der Waals surface area contributed by atoms with Gasteiger partial charge in [0.25, 0.3) is 5.91 Å². The molecule has 4 nitrogen and oxygen atoms in total. The van der Waals surface area contributed by atoms with Crippen molar-refractivity contribution in [2.45, 2.75) is 64.1 Å². The number of carbonyl (C=O) groups excluding carboxylic acids is 1. The molecule has 1 aliphatic heterocycles. The van der Waals surface area contributed by atoms with Crippen LogP contribution in [0.15, 0.2) is 0 Å². The Morgan fingerprint density at radius 3 is 2.42 bits per heavy atom. The first-order chi connectivity index (χ1) is 9.24. The molecular weight excluding hydrogens is 240 g/mol. The maximum atomic E-state index is 12.5. The zero-order chi connectivity index (χ0) is 13.7. The fraction of sp³-hybridized carbons (Fsp3) is 0.933. The van der Waals surface area contributed by atoms with Crippen LogP contribution in [-0.2, 0) is 9.53 Å². The van der Waals surface area contributed by atoms with Crippen LogP contribution in [0.1, 0.15) is 51.9 Å². The van der Waals surface area contributed by atoms with Crippen LogP contribution in [0.5, 0.6) is 0 Å². The van der Waals surface area contributed by atoms with Crippen LogP contribution in [0.2, 0.25) is 0 Å². The van der Waals surface area contributed by atoms with Crippen LogP contribution in [0, 0.1) is 5.92 Å². The first-order valence-corrected chi connectivity index (χ1v) is 7.89. The van der Waals surface area contributed by atoms with Gasteiger partial charge in [-0.15, -0.1) is 0 Å². The largest absolute Gasteiger partial charge is 0.365 e. The molecule has 4 heteroatoms. The van der Waals surface area contributed by atoms with E-state index >= 15 is 0 Å². The van der Waals surface area contributed by atoms with Gasteiger partial charge in [-0.25, -0.2) is 0 Å². The van der Waals surface area contributed by atoms with E-state index in [1.807, 2.05) is 11.8 Å². The van der Waals surface area contributed by atoms with Crippen molar-refractivity contribution in [2.75, 3.05) is 19.6 Å². The first kappa shape index (κ1) is 14.8. The van der Waals surface area contributed by atoms with Gasteiger partial charge in [0.05, 0.1) is 6.10 Å². The summed E-state index contributed by atoms with van der Waals surface area (Å²) >= 11 is 0.